The standard InChI is InChI=1S/C28H34ClF2N3O3/c1-17-15-19-18-7-4-5-8-21(18)33-25(19)26(34(17)16-28(2,3)27(35)36)23-20(31)9-10-22(24(23)29)37-14-13-32-12-6-11-30/h4-5,7-10,17,26,32-33H,6,11-16H2,1-3H3,(H,35,36)/t17-,26?/m1/s1. The van der Waals surface area contributed by atoms with Crippen LogP contribution in [0.1, 0.15) is 50.1 Å². The fourth-order valence-electron chi connectivity index (χ4n) is 5.05. The van der Waals surface area contributed by atoms with E-state index in [0.717, 1.165) is 22.2 Å². The number of carbonyl (C=O) groups is 1. The number of carboxylic acid groups (broad SMARTS) is 1. The summed E-state index contributed by atoms with van der Waals surface area (Å²) in [4.78, 5) is 17.6. The normalized spacial score (nSPS) is 18.2. The maximum Gasteiger partial charge on any atom is 0.310 e. The van der Waals surface area contributed by atoms with Crippen molar-refractivity contribution in [2.24, 2.45) is 5.41 Å². The number of benzene rings is 2. The van der Waals surface area contributed by atoms with Crippen molar-refractivity contribution >= 4 is 28.5 Å². The predicted octanol–water partition coefficient (Wildman–Crippen LogP) is 5.74. The van der Waals surface area contributed by atoms with Crippen LogP contribution in [0.25, 0.3) is 10.9 Å². The fraction of sp³-hybridized carbons (Fsp3) is 0.464. The third-order valence-corrected chi connectivity index (χ3v) is 7.45. The molecule has 2 aromatic carbocycles. The van der Waals surface area contributed by atoms with Gasteiger partial charge in [0.1, 0.15) is 18.2 Å². The molecule has 1 aliphatic rings. The largest absolute Gasteiger partial charge is 0.491 e. The monoisotopic (exact) mass is 533 g/mol. The number of H-pyrrole nitrogens is 1. The lowest BCUT2D eigenvalue weighted by atomic mass is 9.84. The van der Waals surface area contributed by atoms with Gasteiger partial charge in [-0.05, 0) is 63.9 Å². The molecule has 0 fully saturated rings. The highest BCUT2D eigenvalue weighted by molar-refractivity contribution is 6.33. The second kappa shape index (κ2) is 11.4. The summed E-state index contributed by atoms with van der Waals surface area (Å²) in [6.45, 7) is 6.51. The number of para-hydroxylation sites is 1. The number of nitrogens with zero attached hydrogens (tertiary/aromatic N) is 1. The SMILES string of the molecule is C[C@@H]1Cc2c([nH]c3ccccc23)C(c2c(F)ccc(OCCNCCCF)c2Cl)N1CC(C)(C)C(=O)O. The average Bonchev–Trinajstić information content (AvgIpc) is 3.22. The van der Waals surface area contributed by atoms with Crippen LogP contribution in [0.2, 0.25) is 5.02 Å². The first-order valence-electron chi connectivity index (χ1n) is 12.6. The first-order chi connectivity index (χ1) is 17.7. The molecule has 0 radical (unpaired) electrons. The smallest absolute Gasteiger partial charge is 0.310 e. The summed E-state index contributed by atoms with van der Waals surface area (Å²) in [5.41, 5.74) is 2.01. The number of halogens is 3. The summed E-state index contributed by atoms with van der Waals surface area (Å²) in [5.74, 6) is -1.07. The number of alkyl halides is 1. The van der Waals surface area contributed by atoms with Gasteiger partial charge in [0.05, 0.1) is 23.2 Å². The van der Waals surface area contributed by atoms with Crippen molar-refractivity contribution in [3.05, 3.63) is 64.1 Å². The number of aromatic nitrogens is 1. The molecule has 0 bridgehead atoms. The van der Waals surface area contributed by atoms with Crippen molar-refractivity contribution in [2.75, 3.05) is 32.9 Å². The second-order valence-corrected chi connectivity index (χ2v) is 10.7. The number of fused-ring (bicyclic) bond motifs is 3. The summed E-state index contributed by atoms with van der Waals surface area (Å²) in [6, 6.07) is 10.1. The Bertz CT molecular complexity index is 1260. The molecule has 2 heterocycles. The molecule has 0 amide bonds. The minimum absolute atomic E-state index is 0.0740. The number of ether oxygens (including phenoxy) is 1. The van der Waals surface area contributed by atoms with Gasteiger partial charge in [0, 0.05) is 41.3 Å². The van der Waals surface area contributed by atoms with Gasteiger partial charge in [-0.2, -0.15) is 0 Å². The van der Waals surface area contributed by atoms with E-state index in [1.165, 1.54) is 12.1 Å². The number of nitrogens with one attached hydrogen (secondary N) is 2. The van der Waals surface area contributed by atoms with Crippen LogP contribution < -0.4 is 10.1 Å². The Labute approximate surface area is 220 Å². The Morgan fingerprint density at radius 2 is 2.03 bits per heavy atom. The zero-order valence-electron chi connectivity index (χ0n) is 21.4. The molecule has 0 aliphatic carbocycles. The Balaban J connectivity index is 1.77. The Hall–Kier alpha value is -2.68. The van der Waals surface area contributed by atoms with Gasteiger partial charge >= 0.3 is 5.97 Å². The van der Waals surface area contributed by atoms with E-state index in [0.29, 0.717) is 31.7 Å². The molecule has 200 valence electrons. The van der Waals surface area contributed by atoms with Crippen LogP contribution in [0.5, 0.6) is 5.75 Å². The third kappa shape index (κ3) is 5.61. The number of aromatic amines is 1. The van der Waals surface area contributed by atoms with Gasteiger partial charge in [0.25, 0.3) is 0 Å². The number of hydrogen-bond acceptors (Lipinski definition) is 4. The number of carboxylic acids is 1. The van der Waals surface area contributed by atoms with Crippen molar-refractivity contribution in [1.29, 1.82) is 0 Å². The lowest BCUT2D eigenvalue weighted by molar-refractivity contribution is -0.148. The average molecular weight is 534 g/mol. The van der Waals surface area contributed by atoms with Gasteiger partial charge in [-0.1, -0.05) is 29.8 Å². The molecule has 6 nitrogen and oxygen atoms in total. The topological polar surface area (TPSA) is 77.6 Å². The van der Waals surface area contributed by atoms with Crippen LogP contribution in [-0.4, -0.2) is 59.9 Å². The van der Waals surface area contributed by atoms with E-state index in [1.807, 2.05) is 36.1 Å². The van der Waals surface area contributed by atoms with E-state index in [2.05, 4.69) is 10.3 Å². The number of aliphatic carboxylic acids is 1. The third-order valence-electron chi connectivity index (χ3n) is 7.06. The molecule has 3 aromatic rings. The summed E-state index contributed by atoms with van der Waals surface area (Å²) in [7, 11) is 0. The molecule has 0 saturated heterocycles. The first-order valence-corrected chi connectivity index (χ1v) is 13.0. The van der Waals surface area contributed by atoms with Crippen LogP contribution >= 0.6 is 11.6 Å². The van der Waals surface area contributed by atoms with Gasteiger partial charge in [-0.3, -0.25) is 14.1 Å². The molecule has 0 saturated carbocycles. The van der Waals surface area contributed by atoms with Crippen molar-refractivity contribution in [3.8, 4) is 5.75 Å². The molecule has 1 unspecified atom stereocenters. The van der Waals surface area contributed by atoms with Crippen molar-refractivity contribution in [1.82, 2.24) is 15.2 Å². The minimum atomic E-state index is -1.07. The first kappa shape index (κ1) is 27.4. The summed E-state index contributed by atoms with van der Waals surface area (Å²) in [5, 5.41) is 14.2. The molecule has 3 N–H and O–H groups in total. The molecular weight excluding hydrogens is 500 g/mol. The molecule has 1 aromatic heterocycles. The summed E-state index contributed by atoms with van der Waals surface area (Å²) >= 11 is 6.83. The van der Waals surface area contributed by atoms with Crippen molar-refractivity contribution in [3.63, 3.8) is 0 Å². The lowest BCUT2D eigenvalue weighted by Gasteiger charge is -2.44. The molecule has 2 atom stereocenters. The van der Waals surface area contributed by atoms with Crippen molar-refractivity contribution < 1.29 is 23.4 Å². The van der Waals surface area contributed by atoms with Crippen LogP contribution in [0.4, 0.5) is 8.78 Å². The van der Waals surface area contributed by atoms with Gasteiger partial charge in [0.2, 0.25) is 0 Å². The van der Waals surface area contributed by atoms with E-state index in [4.69, 9.17) is 16.3 Å². The van der Waals surface area contributed by atoms with Crippen molar-refractivity contribution in [2.45, 2.75) is 45.7 Å². The number of rotatable bonds is 11. The summed E-state index contributed by atoms with van der Waals surface area (Å²) in [6.07, 6.45) is 1.11. The Morgan fingerprint density at radius 1 is 1.27 bits per heavy atom. The zero-order chi connectivity index (χ0) is 26.7. The van der Waals surface area contributed by atoms with Crippen LogP contribution in [0, 0.1) is 11.2 Å². The van der Waals surface area contributed by atoms with Gasteiger partial charge in [-0.15, -0.1) is 0 Å². The lowest BCUT2D eigenvalue weighted by Crippen LogP contribution is -2.49. The molecular formula is C28H34ClF2N3O3. The number of hydrogen-bond donors (Lipinski definition) is 3. The fourth-order valence-corrected chi connectivity index (χ4v) is 5.36. The van der Waals surface area contributed by atoms with Crippen LogP contribution in [0.3, 0.4) is 0 Å². The van der Waals surface area contributed by atoms with Gasteiger partial charge in [0.15, 0.2) is 0 Å². The maximum atomic E-state index is 15.6. The Kier molecular flexibility index (Phi) is 8.41. The molecule has 37 heavy (non-hydrogen) atoms. The minimum Gasteiger partial charge on any atom is -0.491 e. The van der Waals surface area contributed by atoms with E-state index in [-0.39, 0.29) is 36.5 Å². The van der Waals surface area contributed by atoms with Gasteiger partial charge < -0.3 is 20.1 Å². The molecule has 4 rings (SSSR count). The quantitative estimate of drug-likeness (QED) is 0.274. The van der Waals surface area contributed by atoms with Crippen LogP contribution in [0.15, 0.2) is 36.4 Å². The molecule has 0 spiro atoms. The summed E-state index contributed by atoms with van der Waals surface area (Å²) < 4.78 is 33.8. The highest BCUT2D eigenvalue weighted by Crippen LogP contribution is 2.46. The van der Waals surface area contributed by atoms with E-state index >= 15 is 4.39 Å². The Morgan fingerprint density at radius 3 is 2.76 bits per heavy atom. The van der Waals surface area contributed by atoms with Gasteiger partial charge in [-0.25, -0.2) is 4.39 Å². The maximum absolute atomic E-state index is 15.6. The molecule has 1 aliphatic heterocycles. The van der Waals surface area contributed by atoms with Crippen LogP contribution in [-0.2, 0) is 11.2 Å². The predicted molar refractivity (Wildman–Crippen MR) is 142 cm³/mol. The highest BCUT2D eigenvalue weighted by Gasteiger charge is 2.42. The zero-order valence-corrected chi connectivity index (χ0v) is 22.2. The van der Waals surface area contributed by atoms with E-state index < -0.39 is 23.2 Å². The molecule has 9 heteroatoms. The van der Waals surface area contributed by atoms with E-state index in [9.17, 15) is 14.3 Å². The van der Waals surface area contributed by atoms with E-state index in [1.54, 1.807) is 13.8 Å². The highest BCUT2D eigenvalue weighted by atomic mass is 35.5. The second-order valence-electron chi connectivity index (χ2n) is 10.3.